The van der Waals surface area contributed by atoms with Gasteiger partial charge in [-0.2, -0.15) is 0 Å². The maximum Gasteiger partial charge on any atom is 0.240 e. The van der Waals surface area contributed by atoms with Crippen molar-refractivity contribution >= 4 is 27.5 Å². The molecule has 1 heterocycles. The van der Waals surface area contributed by atoms with Crippen molar-refractivity contribution in [1.29, 1.82) is 0 Å². The Morgan fingerprint density at radius 1 is 1.57 bits per heavy atom. The van der Waals surface area contributed by atoms with Crippen LogP contribution in [-0.4, -0.2) is 19.0 Å². The Morgan fingerprint density at radius 3 is 3.07 bits per heavy atom. The Bertz CT molecular complexity index is 378. The number of hydrogen-bond donors (Lipinski definition) is 1. The molecule has 0 radical (unpaired) electrons. The van der Waals surface area contributed by atoms with E-state index >= 15 is 0 Å². The topological polar surface area (TPSA) is 46.3 Å². The summed E-state index contributed by atoms with van der Waals surface area (Å²) in [4.78, 5) is 13.2. The van der Waals surface area contributed by atoms with Crippen LogP contribution in [0.15, 0.2) is 22.7 Å². The fourth-order valence-electron chi connectivity index (χ4n) is 1.72. The molecule has 2 rings (SSSR count). The molecule has 0 aliphatic carbocycles. The molecule has 1 aromatic carbocycles. The lowest BCUT2D eigenvalue weighted by Gasteiger charge is -2.16. The summed E-state index contributed by atoms with van der Waals surface area (Å²) in [5.74, 6) is -0.0122. The highest BCUT2D eigenvalue weighted by molar-refractivity contribution is 9.10. The number of amides is 1. The summed E-state index contributed by atoms with van der Waals surface area (Å²) in [7, 11) is 0. The van der Waals surface area contributed by atoms with Gasteiger partial charge in [-0.15, -0.1) is 0 Å². The van der Waals surface area contributed by atoms with Gasteiger partial charge in [-0.05, 0) is 24.1 Å². The van der Waals surface area contributed by atoms with Crippen LogP contribution in [0.5, 0.6) is 0 Å². The van der Waals surface area contributed by atoms with E-state index in [9.17, 15) is 4.79 Å². The number of nitrogens with zero attached hydrogens (tertiary/aromatic N) is 1. The number of benzene rings is 1. The molecule has 0 unspecified atom stereocenters. The summed E-state index contributed by atoms with van der Waals surface area (Å²) in [6.45, 7) is 0.827. The third-order valence-electron chi connectivity index (χ3n) is 2.42. The summed E-state index contributed by atoms with van der Waals surface area (Å²) in [5.41, 5.74) is 7.56. The number of carbonyl (C=O) groups is 1. The van der Waals surface area contributed by atoms with E-state index in [1.807, 2.05) is 18.2 Å². The normalized spacial score (nSPS) is 14.3. The van der Waals surface area contributed by atoms with Gasteiger partial charge in [0, 0.05) is 16.7 Å². The molecule has 2 N–H and O–H groups in total. The zero-order valence-corrected chi connectivity index (χ0v) is 9.25. The molecule has 1 aliphatic heterocycles. The molecule has 0 saturated heterocycles. The van der Waals surface area contributed by atoms with Crippen LogP contribution in [0, 0.1) is 0 Å². The van der Waals surface area contributed by atoms with Crippen LogP contribution in [0.2, 0.25) is 0 Å². The van der Waals surface area contributed by atoms with E-state index in [2.05, 4.69) is 15.9 Å². The number of fused-ring (bicyclic) bond motifs is 1. The SMILES string of the molecule is NCC(=O)N1CCc2ccc(Br)cc21. The molecule has 1 amide bonds. The molecule has 0 atom stereocenters. The Balaban J connectivity index is 2.38. The standard InChI is InChI=1S/C10H11BrN2O/c11-8-2-1-7-3-4-13(9(7)5-8)10(14)6-12/h1-2,5H,3-4,6,12H2. The zero-order valence-electron chi connectivity index (χ0n) is 7.66. The van der Waals surface area contributed by atoms with Crippen LogP contribution in [0.1, 0.15) is 5.56 Å². The fourth-order valence-corrected chi connectivity index (χ4v) is 2.07. The number of nitrogens with two attached hydrogens (primary N) is 1. The molecule has 0 fully saturated rings. The molecule has 0 aromatic heterocycles. The molecule has 0 spiro atoms. The van der Waals surface area contributed by atoms with Crippen LogP contribution in [0.4, 0.5) is 5.69 Å². The van der Waals surface area contributed by atoms with Crippen molar-refractivity contribution in [2.24, 2.45) is 5.73 Å². The van der Waals surface area contributed by atoms with Gasteiger partial charge in [0.25, 0.3) is 0 Å². The van der Waals surface area contributed by atoms with E-state index in [4.69, 9.17) is 5.73 Å². The lowest BCUT2D eigenvalue weighted by molar-refractivity contribution is -0.117. The average Bonchev–Trinajstić information content (AvgIpc) is 2.59. The maximum absolute atomic E-state index is 11.5. The third-order valence-corrected chi connectivity index (χ3v) is 2.91. The smallest absolute Gasteiger partial charge is 0.240 e. The summed E-state index contributed by atoms with van der Waals surface area (Å²) < 4.78 is 0.993. The van der Waals surface area contributed by atoms with E-state index in [1.54, 1.807) is 4.90 Å². The summed E-state index contributed by atoms with van der Waals surface area (Å²) in [6, 6.07) is 6.01. The second-order valence-electron chi connectivity index (χ2n) is 3.27. The lowest BCUT2D eigenvalue weighted by Crippen LogP contribution is -2.34. The first kappa shape index (κ1) is 9.68. The number of hydrogen-bond acceptors (Lipinski definition) is 2. The molecule has 74 valence electrons. The highest BCUT2D eigenvalue weighted by Gasteiger charge is 2.23. The molecular weight excluding hydrogens is 244 g/mol. The molecule has 1 aromatic rings. The van der Waals surface area contributed by atoms with Crippen molar-refractivity contribution < 1.29 is 4.79 Å². The van der Waals surface area contributed by atoms with Crippen molar-refractivity contribution in [3.63, 3.8) is 0 Å². The van der Waals surface area contributed by atoms with Crippen LogP contribution in [0.25, 0.3) is 0 Å². The Kier molecular flexibility index (Phi) is 2.56. The minimum Gasteiger partial charge on any atom is -0.322 e. The van der Waals surface area contributed by atoms with Gasteiger partial charge in [0.05, 0.1) is 6.54 Å². The molecule has 0 saturated carbocycles. The number of carbonyl (C=O) groups excluding carboxylic acids is 1. The monoisotopic (exact) mass is 254 g/mol. The fraction of sp³-hybridized carbons (Fsp3) is 0.300. The first-order valence-corrected chi connectivity index (χ1v) is 5.30. The minimum atomic E-state index is -0.0122. The molecule has 14 heavy (non-hydrogen) atoms. The van der Waals surface area contributed by atoms with Gasteiger partial charge < -0.3 is 10.6 Å². The summed E-state index contributed by atoms with van der Waals surface area (Å²) >= 11 is 3.39. The van der Waals surface area contributed by atoms with Gasteiger partial charge in [-0.3, -0.25) is 4.79 Å². The maximum atomic E-state index is 11.5. The van der Waals surface area contributed by atoms with Gasteiger partial charge in [0.15, 0.2) is 0 Å². The van der Waals surface area contributed by atoms with Crippen molar-refractivity contribution in [1.82, 2.24) is 0 Å². The first-order chi connectivity index (χ1) is 6.72. The first-order valence-electron chi connectivity index (χ1n) is 4.51. The summed E-state index contributed by atoms with van der Waals surface area (Å²) in [5, 5.41) is 0. The number of halogens is 1. The highest BCUT2D eigenvalue weighted by Crippen LogP contribution is 2.30. The Hall–Kier alpha value is -0.870. The van der Waals surface area contributed by atoms with Crippen molar-refractivity contribution in [2.45, 2.75) is 6.42 Å². The lowest BCUT2D eigenvalue weighted by atomic mass is 10.2. The largest absolute Gasteiger partial charge is 0.322 e. The quantitative estimate of drug-likeness (QED) is 0.822. The average molecular weight is 255 g/mol. The van der Waals surface area contributed by atoms with Crippen LogP contribution >= 0.6 is 15.9 Å². The van der Waals surface area contributed by atoms with Crippen molar-refractivity contribution in [3.05, 3.63) is 28.2 Å². The highest BCUT2D eigenvalue weighted by atomic mass is 79.9. The predicted molar refractivity (Wildman–Crippen MR) is 59.3 cm³/mol. The van der Waals surface area contributed by atoms with Crippen LogP contribution in [0.3, 0.4) is 0 Å². The Morgan fingerprint density at radius 2 is 2.36 bits per heavy atom. The van der Waals surface area contributed by atoms with Gasteiger partial charge in [-0.25, -0.2) is 0 Å². The van der Waals surface area contributed by atoms with Gasteiger partial charge >= 0.3 is 0 Å². The third kappa shape index (κ3) is 1.55. The van der Waals surface area contributed by atoms with Crippen molar-refractivity contribution in [3.8, 4) is 0 Å². The van der Waals surface area contributed by atoms with Crippen molar-refractivity contribution in [2.75, 3.05) is 18.0 Å². The molecule has 3 nitrogen and oxygen atoms in total. The molecular formula is C10H11BrN2O. The summed E-state index contributed by atoms with van der Waals surface area (Å²) in [6.07, 6.45) is 0.925. The predicted octanol–water partition coefficient (Wildman–Crippen LogP) is 1.30. The van der Waals surface area contributed by atoms with Gasteiger partial charge in [-0.1, -0.05) is 22.0 Å². The number of anilines is 1. The van der Waals surface area contributed by atoms with Gasteiger partial charge in [0.2, 0.25) is 5.91 Å². The van der Waals surface area contributed by atoms with E-state index in [0.29, 0.717) is 0 Å². The molecule has 4 heteroatoms. The van der Waals surface area contributed by atoms with E-state index in [-0.39, 0.29) is 12.5 Å². The van der Waals surface area contributed by atoms with E-state index in [0.717, 1.165) is 23.1 Å². The van der Waals surface area contributed by atoms with Crippen LogP contribution < -0.4 is 10.6 Å². The zero-order chi connectivity index (χ0) is 10.1. The Labute approximate surface area is 91.0 Å². The minimum absolute atomic E-state index is 0.0122. The van der Waals surface area contributed by atoms with E-state index < -0.39 is 0 Å². The second-order valence-corrected chi connectivity index (χ2v) is 4.19. The van der Waals surface area contributed by atoms with Gasteiger partial charge in [0.1, 0.15) is 0 Å². The van der Waals surface area contributed by atoms with Crippen LogP contribution in [-0.2, 0) is 11.2 Å². The molecule has 0 bridgehead atoms. The number of rotatable bonds is 1. The molecule has 1 aliphatic rings. The second kappa shape index (κ2) is 3.71. The van der Waals surface area contributed by atoms with E-state index in [1.165, 1.54) is 5.56 Å².